The van der Waals surface area contributed by atoms with Crippen LogP contribution in [-0.4, -0.2) is 18.2 Å². The van der Waals surface area contributed by atoms with Gasteiger partial charge in [0.25, 0.3) is 0 Å². The number of carbonyl (C=O) groups is 2. The summed E-state index contributed by atoms with van der Waals surface area (Å²) in [6.07, 6.45) is 3.22. The lowest BCUT2D eigenvalue weighted by atomic mass is 10.1. The zero-order chi connectivity index (χ0) is 18.1. The van der Waals surface area contributed by atoms with E-state index >= 15 is 0 Å². The molecule has 3 nitrogen and oxygen atoms in total. The molecule has 0 spiro atoms. The van der Waals surface area contributed by atoms with Gasteiger partial charge in [-0.2, -0.15) is 0 Å². The first-order valence-electron chi connectivity index (χ1n) is 8.65. The van der Waals surface area contributed by atoms with E-state index in [2.05, 4.69) is 36.5 Å². The Kier molecular flexibility index (Phi) is 7.33. The molecule has 0 fully saturated rings. The number of aryl methyl sites for hydroxylation is 2. The highest BCUT2D eigenvalue weighted by molar-refractivity contribution is 5.97. The minimum atomic E-state index is -0.375. The van der Waals surface area contributed by atoms with Gasteiger partial charge in [-0.05, 0) is 56.0 Å². The first kappa shape index (κ1) is 18.8. The molecule has 2 aromatic rings. The zero-order valence-corrected chi connectivity index (χ0v) is 14.6. The third-order valence-corrected chi connectivity index (χ3v) is 4.08. The minimum Gasteiger partial charge on any atom is -0.356 e. The molecule has 0 unspecified atom stereocenters. The van der Waals surface area contributed by atoms with Crippen LogP contribution in [0, 0.1) is 12.7 Å². The van der Waals surface area contributed by atoms with Crippen LogP contribution in [0.15, 0.2) is 48.5 Å². The van der Waals surface area contributed by atoms with E-state index in [-0.39, 0.29) is 30.3 Å². The molecule has 1 amide bonds. The van der Waals surface area contributed by atoms with Gasteiger partial charge in [-0.15, -0.1) is 0 Å². The van der Waals surface area contributed by atoms with Crippen molar-refractivity contribution in [1.29, 1.82) is 0 Å². The maximum Gasteiger partial charge on any atom is 0.220 e. The molecule has 0 atom stereocenters. The molecule has 1 N–H and O–H groups in total. The standard InChI is InChI=1S/C21H24FNO2/c1-16-5-7-17(8-6-16)4-2-3-15-23-21(25)14-13-20(24)18-9-11-19(22)12-10-18/h5-12H,2-4,13-15H2,1H3,(H,23,25). The predicted molar refractivity (Wildman–Crippen MR) is 97.1 cm³/mol. The summed E-state index contributed by atoms with van der Waals surface area (Å²) in [5, 5.41) is 2.84. The Morgan fingerprint density at radius 3 is 2.28 bits per heavy atom. The van der Waals surface area contributed by atoms with Crippen LogP contribution < -0.4 is 5.32 Å². The molecular weight excluding hydrogens is 317 g/mol. The van der Waals surface area contributed by atoms with E-state index in [4.69, 9.17) is 0 Å². The van der Waals surface area contributed by atoms with Crippen molar-refractivity contribution in [2.45, 2.75) is 39.0 Å². The van der Waals surface area contributed by atoms with E-state index in [0.29, 0.717) is 12.1 Å². The van der Waals surface area contributed by atoms with Crippen molar-refractivity contribution in [2.24, 2.45) is 0 Å². The van der Waals surface area contributed by atoms with Crippen molar-refractivity contribution in [3.63, 3.8) is 0 Å². The third-order valence-electron chi connectivity index (χ3n) is 4.08. The molecule has 2 aromatic carbocycles. The maximum atomic E-state index is 12.8. The number of hydrogen-bond donors (Lipinski definition) is 1. The molecule has 0 aliphatic rings. The number of hydrogen-bond acceptors (Lipinski definition) is 2. The number of ketones is 1. The van der Waals surface area contributed by atoms with Crippen molar-refractivity contribution in [2.75, 3.05) is 6.54 Å². The highest BCUT2D eigenvalue weighted by Crippen LogP contribution is 2.08. The fourth-order valence-corrected chi connectivity index (χ4v) is 2.53. The topological polar surface area (TPSA) is 46.2 Å². The number of halogens is 1. The first-order chi connectivity index (χ1) is 12.0. The number of unbranched alkanes of at least 4 members (excludes halogenated alkanes) is 1. The van der Waals surface area contributed by atoms with Gasteiger partial charge in [0.15, 0.2) is 5.78 Å². The number of nitrogens with one attached hydrogen (secondary N) is 1. The van der Waals surface area contributed by atoms with E-state index in [9.17, 15) is 14.0 Å². The van der Waals surface area contributed by atoms with Gasteiger partial charge in [0.1, 0.15) is 5.82 Å². The number of rotatable bonds is 9. The van der Waals surface area contributed by atoms with Crippen molar-refractivity contribution in [3.8, 4) is 0 Å². The van der Waals surface area contributed by atoms with Crippen LogP contribution in [0.3, 0.4) is 0 Å². The highest BCUT2D eigenvalue weighted by atomic mass is 19.1. The number of amides is 1. The lowest BCUT2D eigenvalue weighted by Crippen LogP contribution is -2.24. The summed E-state index contributed by atoms with van der Waals surface area (Å²) in [7, 11) is 0. The lowest BCUT2D eigenvalue weighted by Gasteiger charge is -2.06. The van der Waals surface area contributed by atoms with Crippen LogP contribution in [0.25, 0.3) is 0 Å². The van der Waals surface area contributed by atoms with Crippen molar-refractivity contribution in [3.05, 3.63) is 71.0 Å². The van der Waals surface area contributed by atoms with Crippen LogP contribution in [0.4, 0.5) is 4.39 Å². The average Bonchev–Trinajstić information content (AvgIpc) is 2.61. The normalized spacial score (nSPS) is 10.5. The summed E-state index contributed by atoms with van der Waals surface area (Å²) < 4.78 is 12.8. The van der Waals surface area contributed by atoms with Crippen LogP contribution in [-0.2, 0) is 11.2 Å². The van der Waals surface area contributed by atoms with Gasteiger partial charge in [0.2, 0.25) is 5.91 Å². The summed E-state index contributed by atoms with van der Waals surface area (Å²) in [6, 6.07) is 13.9. The highest BCUT2D eigenvalue weighted by Gasteiger charge is 2.09. The van der Waals surface area contributed by atoms with Crippen molar-refractivity contribution < 1.29 is 14.0 Å². The predicted octanol–water partition coefficient (Wildman–Crippen LogP) is 4.24. The van der Waals surface area contributed by atoms with Crippen LogP contribution in [0.1, 0.15) is 47.2 Å². The summed E-state index contributed by atoms with van der Waals surface area (Å²) in [5.74, 6) is -0.639. The molecule has 0 bridgehead atoms. The second-order valence-electron chi connectivity index (χ2n) is 6.22. The molecule has 25 heavy (non-hydrogen) atoms. The Balaban J connectivity index is 1.58. The fourth-order valence-electron chi connectivity index (χ4n) is 2.53. The Labute approximate surface area is 148 Å². The quantitative estimate of drug-likeness (QED) is 0.548. The molecular formula is C21H24FNO2. The Bertz CT molecular complexity index is 693. The van der Waals surface area contributed by atoms with Gasteiger partial charge in [-0.3, -0.25) is 9.59 Å². The average molecular weight is 341 g/mol. The molecule has 0 heterocycles. The van der Waals surface area contributed by atoms with Crippen LogP contribution in [0.2, 0.25) is 0 Å². The SMILES string of the molecule is Cc1ccc(CCCCNC(=O)CCC(=O)c2ccc(F)cc2)cc1. The second-order valence-corrected chi connectivity index (χ2v) is 6.22. The van der Waals surface area contributed by atoms with E-state index in [1.165, 1.54) is 35.4 Å². The zero-order valence-electron chi connectivity index (χ0n) is 14.6. The third kappa shape index (κ3) is 6.87. The number of carbonyl (C=O) groups excluding carboxylic acids is 2. The van der Waals surface area contributed by atoms with E-state index in [0.717, 1.165) is 19.3 Å². The fraction of sp³-hybridized carbons (Fsp3) is 0.333. The molecule has 0 saturated carbocycles. The lowest BCUT2D eigenvalue weighted by molar-refractivity contribution is -0.121. The van der Waals surface area contributed by atoms with Gasteiger partial charge >= 0.3 is 0 Å². The smallest absolute Gasteiger partial charge is 0.220 e. The van der Waals surface area contributed by atoms with Crippen LogP contribution >= 0.6 is 0 Å². The summed E-state index contributed by atoms with van der Waals surface area (Å²) in [4.78, 5) is 23.7. The molecule has 0 saturated heterocycles. The van der Waals surface area contributed by atoms with E-state index in [1.54, 1.807) is 0 Å². The molecule has 0 aliphatic heterocycles. The monoisotopic (exact) mass is 341 g/mol. The molecule has 0 aromatic heterocycles. The van der Waals surface area contributed by atoms with Gasteiger partial charge in [-0.1, -0.05) is 29.8 Å². The van der Waals surface area contributed by atoms with Gasteiger partial charge in [0, 0.05) is 24.9 Å². The number of benzene rings is 2. The molecule has 0 aliphatic carbocycles. The summed E-state index contributed by atoms with van der Waals surface area (Å²) in [5.41, 5.74) is 3.00. The van der Waals surface area contributed by atoms with E-state index < -0.39 is 0 Å². The largest absolute Gasteiger partial charge is 0.356 e. The first-order valence-corrected chi connectivity index (χ1v) is 8.65. The van der Waals surface area contributed by atoms with Crippen molar-refractivity contribution in [1.82, 2.24) is 5.32 Å². The Hall–Kier alpha value is -2.49. The molecule has 2 rings (SSSR count). The second kappa shape index (κ2) is 9.72. The molecule has 132 valence electrons. The Morgan fingerprint density at radius 2 is 1.60 bits per heavy atom. The van der Waals surface area contributed by atoms with Crippen LogP contribution in [0.5, 0.6) is 0 Å². The van der Waals surface area contributed by atoms with E-state index in [1.807, 2.05) is 0 Å². The summed E-state index contributed by atoms with van der Waals surface area (Å²) >= 11 is 0. The minimum absolute atomic E-state index is 0.120. The summed E-state index contributed by atoms with van der Waals surface area (Å²) in [6.45, 7) is 2.69. The van der Waals surface area contributed by atoms with Gasteiger partial charge in [0.05, 0.1) is 0 Å². The molecule has 0 radical (unpaired) electrons. The van der Waals surface area contributed by atoms with Crippen molar-refractivity contribution >= 4 is 11.7 Å². The van der Waals surface area contributed by atoms with Gasteiger partial charge < -0.3 is 5.32 Å². The Morgan fingerprint density at radius 1 is 0.920 bits per heavy atom. The van der Waals surface area contributed by atoms with Gasteiger partial charge in [-0.25, -0.2) is 4.39 Å². The molecule has 4 heteroatoms. The maximum absolute atomic E-state index is 12.8. The number of Topliss-reactive ketones (excluding diaryl/α,β-unsaturated/α-hetero) is 1.